The second-order valence-electron chi connectivity index (χ2n) is 4.56. The van der Waals surface area contributed by atoms with Crippen LogP contribution < -0.4 is 11.1 Å². The number of nitrogens with two attached hydrogens (primary N) is 1. The lowest BCUT2D eigenvalue weighted by atomic mass is 9.90. The molecule has 0 saturated carbocycles. The molecule has 1 rings (SSSR count). The Balaban J connectivity index is 2.72. The standard InChI is InChI=1S/C10H20N2O4S/c1-8(17(2,14)15)9(13)12-10(7-11)3-5-16-6-4-10/h8H,3-7,11H2,1-2H3,(H,12,13). The quantitative estimate of drug-likeness (QED) is 0.681. The average molecular weight is 264 g/mol. The molecule has 0 aromatic heterocycles. The zero-order chi connectivity index (χ0) is 13.1. The summed E-state index contributed by atoms with van der Waals surface area (Å²) in [5.74, 6) is -0.486. The van der Waals surface area contributed by atoms with Crippen molar-refractivity contribution in [3.8, 4) is 0 Å². The Morgan fingerprint density at radius 3 is 2.41 bits per heavy atom. The zero-order valence-corrected chi connectivity index (χ0v) is 11.0. The van der Waals surface area contributed by atoms with E-state index in [1.807, 2.05) is 0 Å². The van der Waals surface area contributed by atoms with Crippen LogP contribution in [-0.2, 0) is 19.4 Å². The van der Waals surface area contributed by atoms with E-state index in [-0.39, 0.29) is 0 Å². The van der Waals surface area contributed by atoms with Gasteiger partial charge in [-0.15, -0.1) is 0 Å². The van der Waals surface area contributed by atoms with Crippen molar-refractivity contribution in [1.82, 2.24) is 5.32 Å². The third kappa shape index (κ3) is 3.65. The van der Waals surface area contributed by atoms with Crippen LogP contribution in [0.15, 0.2) is 0 Å². The molecule has 0 spiro atoms. The maximum absolute atomic E-state index is 11.8. The van der Waals surface area contributed by atoms with Gasteiger partial charge in [0.1, 0.15) is 5.25 Å². The fraction of sp³-hybridized carbons (Fsp3) is 0.900. The van der Waals surface area contributed by atoms with Crippen LogP contribution in [-0.4, -0.2) is 51.1 Å². The molecule has 1 aliphatic heterocycles. The molecule has 0 bridgehead atoms. The minimum atomic E-state index is -3.37. The van der Waals surface area contributed by atoms with Crippen LogP contribution in [0, 0.1) is 0 Å². The van der Waals surface area contributed by atoms with Crippen LogP contribution in [0.5, 0.6) is 0 Å². The first-order valence-corrected chi connectivity index (χ1v) is 7.55. The number of amides is 1. The predicted molar refractivity (Wildman–Crippen MR) is 64.3 cm³/mol. The van der Waals surface area contributed by atoms with Gasteiger partial charge in [-0.05, 0) is 19.8 Å². The Bertz CT molecular complexity index is 374. The third-order valence-corrected chi connectivity index (χ3v) is 4.74. The van der Waals surface area contributed by atoms with Gasteiger partial charge in [0.2, 0.25) is 5.91 Å². The minimum Gasteiger partial charge on any atom is -0.381 e. The molecule has 1 saturated heterocycles. The van der Waals surface area contributed by atoms with Crippen molar-refractivity contribution in [2.24, 2.45) is 5.73 Å². The number of carbonyl (C=O) groups excluding carboxylic acids is 1. The minimum absolute atomic E-state index is 0.290. The van der Waals surface area contributed by atoms with Gasteiger partial charge in [0.15, 0.2) is 9.84 Å². The predicted octanol–water partition coefficient (Wildman–Crippen LogP) is -0.956. The van der Waals surface area contributed by atoms with Gasteiger partial charge >= 0.3 is 0 Å². The Morgan fingerprint density at radius 1 is 1.47 bits per heavy atom. The maximum Gasteiger partial charge on any atom is 0.238 e. The highest BCUT2D eigenvalue weighted by Crippen LogP contribution is 2.19. The Hall–Kier alpha value is -0.660. The van der Waals surface area contributed by atoms with E-state index in [9.17, 15) is 13.2 Å². The Kier molecular flexibility index (Phi) is 4.51. The third-order valence-electron chi connectivity index (χ3n) is 3.24. The summed E-state index contributed by atoms with van der Waals surface area (Å²) in [6.45, 7) is 2.74. The SMILES string of the molecule is CC(C(=O)NC1(CN)CCOCC1)S(C)(=O)=O. The number of nitrogens with one attached hydrogen (secondary N) is 1. The first-order chi connectivity index (χ1) is 7.81. The molecule has 7 heteroatoms. The molecule has 6 nitrogen and oxygen atoms in total. The van der Waals surface area contributed by atoms with E-state index < -0.39 is 26.5 Å². The number of hydrogen-bond donors (Lipinski definition) is 2. The van der Waals surface area contributed by atoms with Gasteiger partial charge in [0.05, 0.1) is 5.54 Å². The van der Waals surface area contributed by atoms with Crippen molar-refractivity contribution >= 4 is 15.7 Å². The number of carbonyl (C=O) groups is 1. The Labute approximate surface area is 102 Å². The summed E-state index contributed by atoms with van der Waals surface area (Å²) >= 11 is 0. The first-order valence-electron chi connectivity index (χ1n) is 5.59. The van der Waals surface area contributed by atoms with Gasteiger partial charge in [-0.2, -0.15) is 0 Å². The Morgan fingerprint density at radius 2 is 2.00 bits per heavy atom. The van der Waals surface area contributed by atoms with Gasteiger partial charge in [0.25, 0.3) is 0 Å². The van der Waals surface area contributed by atoms with E-state index in [1.54, 1.807) is 0 Å². The normalized spacial score (nSPS) is 21.8. The van der Waals surface area contributed by atoms with Crippen LogP contribution in [0.4, 0.5) is 0 Å². The van der Waals surface area contributed by atoms with E-state index in [0.29, 0.717) is 32.6 Å². The van der Waals surface area contributed by atoms with Crippen LogP contribution in [0.3, 0.4) is 0 Å². The molecule has 0 aromatic carbocycles. The average Bonchev–Trinajstić information content (AvgIpc) is 2.28. The summed E-state index contributed by atoms with van der Waals surface area (Å²) in [6.07, 6.45) is 2.29. The number of sulfone groups is 1. The van der Waals surface area contributed by atoms with E-state index >= 15 is 0 Å². The molecule has 1 aliphatic rings. The number of rotatable bonds is 4. The van der Waals surface area contributed by atoms with Gasteiger partial charge in [-0.1, -0.05) is 0 Å². The summed E-state index contributed by atoms with van der Waals surface area (Å²) in [4.78, 5) is 11.8. The van der Waals surface area contributed by atoms with Crippen LogP contribution in [0.1, 0.15) is 19.8 Å². The van der Waals surface area contributed by atoms with Gasteiger partial charge in [-0.3, -0.25) is 4.79 Å². The fourth-order valence-corrected chi connectivity index (χ4v) is 2.15. The van der Waals surface area contributed by atoms with Crippen molar-refractivity contribution in [3.63, 3.8) is 0 Å². The molecule has 1 heterocycles. The van der Waals surface area contributed by atoms with E-state index in [2.05, 4.69) is 5.32 Å². The fourth-order valence-electron chi connectivity index (χ4n) is 1.70. The molecular formula is C10H20N2O4S. The largest absolute Gasteiger partial charge is 0.381 e. The number of hydrogen-bond acceptors (Lipinski definition) is 5. The van der Waals surface area contributed by atoms with E-state index in [0.717, 1.165) is 6.26 Å². The molecular weight excluding hydrogens is 244 g/mol. The van der Waals surface area contributed by atoms with Crippen molar-refractivity contribution < 1.29 is 17.9 Å². The summed E-state index contributed by atoms with van der Waals surface area (Å²) in [7, 11) is -3.37. The zero-order valence-electron chi connectivity index (χ0n) is 10.2. The smallest absolute Gasteiger partial charge is 0.238 e. The molecule has 3 N–H and O–H groups in total. The van der Waals surface area contributed by atoms with Gasteiger partial charge in [-0.25, -0.2) is 8.42 Å². The van der Waals surface area contributed by atoms with Crippen LogP contribution in [0.25, 0.3) is 0 Å². The molecule has 100 valence electrons. The number of ether oxygens (including phenoxy) is 1. The molecule has 17 heavy (non-hydrogen) atoms. The van der Waals surface area contributed by atoms with E-state index in [4.69, 9.17) is 10.5 Å². The van der Waals surface area contributed by atoms with Crippen LogP contribution in [0.2, 0.25) is 0 Å². The van der Waals surface area contributed by atoms with Gasteiger partial charge < -0.3 is 15.8 Å². The highest BCUT2D eigenvalue weighted by atomic mass is 32.2. The van der Waals surface area contributed by atoms with E-state index in [1.165, 1.54) is 6.92 Å². The molecule has 1 fully saturated rings. The topological polar surface area (TPSA) is 98.5 Å². The first kappa shape index (κ1) is 14.4. The summed E-state index contributed by atoms with van der Waals surface area (Å²) in [6, 6.07) is 0. The second-order valence-corrected chi connectivity index (χ2v) is 6.92. The lowest BCUT2D eigenvalue weighted by molar-refractivity contribution is -0.123. The van der Waals surface area contributed by atoms with Crippen molar-refractivity contribution in [3.05, 3.63) is 0 Å². The monoisotopic (exact) mass is 264 g/mol. The van der Waals surface area contributed by atoms with Gasteiger partial charge in [0, 0.05) is 26.0 Å². The molecule has 1 atom stereocenters. The maximum atomic E-state index is 11.8. The summed E-state index contributed by atoms with van der Waals surface area (Å²) in [5.41, 5.74) is 5.16. The lowest BCUT2D eigenvalue weighted by Crippen LogP contribution is -2.59. The highest BCUT2D eigenvalue weighted by molar-refractivity contribution is 7.92. The second kappa shape index (κ2) is 5.32. The lowest BCUT2D eigenvalue weighted by Gasteiger charge is -2.37. The molecule has 1 unspecified atom stereocenters. The molecule has 0 aliphatic carbocycles. The van der Waals surface area contributed by atoms with Crippen molar-refractivity contribution in [2.45, 2.75) is 30.6 Å². The molecule has 1 amide bonds. The molecule has 0 radical (unpaired) electrons. The summed E-state index contributed by atoms with van der Waals surface area (Å²) < 4.78 is 27.8. The van der Waals surface area contributed by atoms with Crippen LogP contribution >= 0.6 is 0 Å². The van der Waals surface area contributed by atoms with Crippen molar-refractivity contribution in [1.29, 1.82) is 0 Å². The molecule has 0 aromatic rings. The van der Waals surface area contributed by atoms with Crippen molar-refractivity contribution in [2.75, 3.05) is 26.0 Å². The highest BCUT2D eigenvalue weighted by Gasteiger charge is 2.35. The summed E-state index contributed by atoms with van der Waals surface area (Å²) in [5, 5.41) is 1.72.